The molecule has 0 saturated carbocycles. The first-order chi connectivity index (χ1) is 10.8. The van der Waals surface area contributed by atoms with Crippen molar-refractivity contribution >= 4 is 17.4 Å². The van der Waals surface area contributed by atoms with E-state index < -0.39 is 5.82 Å². The van der Waals surface area contributed by atoms with E-state index in [4.69, 9.17) is 10.00 Å². The highest BCUT2D eigenvalue weighted by atomic mass is 32.2. The zero-order valence-electron chi connectivity index (χ0n) is 12.0. The van der Waals surface area contributed by atoms with Crippen LogP contribution in [-0.2, 0) is 4.74 Å². The molecule has 1 fully saturated rings. The third-order valence-corrected chi connectivity index (χ3v) is 4.60. The summed E-state index contributed by atoms with van der Waals surface area (Å²) in [5.74, 6) is -0.475. The monoisotopic (exact) mass is 314 g/mol. The van der Waals surface area contributed by atoms with E-state index in [0.717, 1.165) is 36.9 Å². The smallest absolute Gasteiger partial charge is 0.142 e. The molecule has 0 radical (unpaired) electrons. The summed E-state index contributed by atoms with van der Waals surface area (Å²) in [5.41, 5.74) is 1.26. The molecule has 2 aromatic rings. The molecule has 2 aromatic carbocycles. The standard InChI is InChI=1S/C17H15FN2OS/c18-16-2-1-3-17(15(16)12-19)22-14-6-4-13(5-7-14)20-8-10-21-11-9-20/h1-7H,8-11H2. The van der Waals surface area contributed by atoms with E-state index in [9.17, 15) is 4.39 Å². The Labute approximate surface area is 133 Å². The van der Waals surface area contributed by atoms with Crippen LogP contribution >= 0.6 is 11.8 Å². The SMILES string of the molecule is N#Cc1c(F)cccc1Sc1ccc(N2CCOCC2)cc1. The first-order valence-electron chi connectivity index (χ1n) is 7.07. The molecule has 0 aromatic heterocycles. The average Bonchev–Trinajstić information content (AvgIpc) is 2.57. The number of benzene rings is 2. The second-order valence-corrected chi connectivity index (χ2v) is 6.04. The number of rotatable bonds is 3. The molecule has 0 amide bonds. The van der Waals surface area contributed by atoms with E-state index in [0.29, 0.717) is 4.90 Å². The highest BCUT2D eigenvalue weighted by Crippen LogP contribution is 2.32. The predicted molar refractivity (Wildman–Crippen MR) is 84.7 cm³/mol. The number of anilines is 1. The average molecular weight is 314 g/mol. The molecule has 0 aliphatic carbocycles. The van der Waals surface area contributed by atoms with Gasteiger partial charge in [-0.05, 0) is 36.4 Å². The van der Waals surface area contributed by atoms with Crippen molar-refractivity contribution in [3.63, 3.8) is 0 Å². The summed E-state index contributed by atoms with van der Waals surface area (Å²) in [7, 11) is 0. The van der Waals surface area contributed by atoms with Gasteiger partial charge in [0.1, 0.15) is 17.4 Å². The van der Waals surface area contributed by atoms with Gasteiger partial charge in [-0.2, -0.15) is 5.26 Å². The zero-order chi connectivity index (χ0) is 15.4. The van der Waals surface area contributed by atoms with Crippen LogP contribution in [-0.4, -0.2) is 26.3 Å². The molecule has 1 aliphatic rings. The highest BCUT2D eigenvalue weighted by Gasteiger charge is 2.12. The lowest BCUT2D eigenvalue weighted by molar-refractivity contribution is 0.122. The van der Waals surface area contributed by atoms with Crippen LogP contribution in [0.5, 0.6) is 0 Å². The van der Waals surface area contributed by atoms with Crippen LogP contribution in [0.3, 0.4) is 0 Å². The predicted octanol–water partition coefficient (Wildman–Crippen LogP) is 3.69. The lowest BCUT2D eigenvalue weighted by Crippen LogP contribution is -2.36. The number of halogens is 1. The van der Waals surface area contributed by atoms with Gasteiger partial charge in [0.15, 0.2) is 0 Å². The normalized spacial score (nSPS) is 14.6. The fraction of sp³-hybridized carbons (Fsp3) is 0.235. The van der Waals surface area contributed by atoms with Crippen molar-refractivity contribution in [1.29, 1.82) is 5.26 Å². The maximum atomic E-state index is 13.6. The molecule has 0 atom stereocenters. The van der Waals surface area contributed by atoms with Gasteiger partial charge in [-0.15, -0.1) is 0 Å². The minimum atomic E-state index is -0.475. The maximum Gasteiger partial charge on any atom is 0.142 e. The van der Waals surface area contributed by atoms with E-state index >= 15 is 0 Å². The van der Waals surface area contributed by atoms with Crippen LogP contribution in [0.25, 0.3) is 0 Å². The van der Waals surface area contributed by atoms with Gasteiger partial charge >= 0.3 is 0 Å². The largest absolute Gasteiger partial charge is 0.378 e. The molecule has 0 unspecified atom stereocenters. The van der Waals surface area contributed by atoms with Gasteiger partial charge in [0.2, 0.25) is 0 Å². The summed E-state index contributed by atoms with van der Waals surface area (Å²) < 4.78 is 19.0. The lowest BCUT2D eigenvalue weighted by atomic mass is 10.2. The summed E-state index contributed by atoms with van der Waals surface area (Å²) in [5, 5.41) is 9.07. The van der Waals surface area contributed by atoms with Crippen LogP contribution in [0.15, 0.2) is 52.3 Å². The Hall–Kier alpha value is -2.03. The van der Waals surface area contributed by atoms with Gasteiger partial charge in [0, 0.05) is 28.6 Å². The van der Waals surface area contributed by atoms with Crippen LogP contribution in [0, 0.1) is 17.1 Å². The Bertz CT molecular complexity index is 691. The van der Waals surface area contributed by atoms with Crippen molar-refractivity contribution in [3.8, 4) is 6.07 Å². The minimum absolute atomic E-state index is 0.102. The highest BCUT2D eigenvalue weighted by molar-refractivity contribution is 7.99. The second-order valence-electron chi connectivity index (χ2n) is 4.92. The molecular weight excluding hydrogens is 299 g/mol. The van der Waals surface area contributed by atoms with E-state index in [1.807, 2.05) is 18.2 Å². The van der Waals surface area contributed by atoms with E-state index in [2.05, 4.69) is 17.0 Å². The van der Waals surface area contributed by atoms with Crippen LogP contribution in [0.1, 0.15) is 5.56 Å². The Morgan fingerprint density at radius 3 is 2.50 bits per heavy atom. The Morgan fingerprint density at radius 1 is 1.09 bits per heavy atom. The molecule has 1 heterocycles. The van der Waals surface area contributed by atoms with E-state index in [1.165, 1.54) is 17.8 Å². The van der Waals surface area contributed by atoms with E-state index in [1.54, 1.807) is 12.1 Å². The van der Waals surface area contributed by atoms with Gasteiger partial charge in [0.05, 0.1) is 13.2 Å². The Balaban J connectivity index is 1.77. The quantitative estimate of drug-likeness (QED) is 0.866. The first kappa shape index (κ1) is 14.9. The fourth-order valence-corrected chi connectivity index (χ4v) is 3.29. The first-order valence-corrected chi connectivity index (χ1v) is 7.89. The van der Waals surface area contributed by atoms with Gasteiger partial charge in [-0.1, -0.05) is 17.8 Å². The molecule has 1 aliphatic heterocycles. The van der Waals surface area contributed by atoms with Crippen molar-refractivity contribution in [2.45, 2.75) is 9.79 Å². The Kier molecular flexibility index (Phi) is 4.62. The van der Waals surface area contributed by atoms with Gasteiger partial charge < -0.3 is 9.64 Å². The summed E-state index contributed by atoms with van der Waals surface area (Å²) in [4.78, 5) is 3.90. The van der Waals surface area contributed by atoms with Gasteiger partial charge in [-0.25, -0.2) is 4.39 Å². The topological polar surface area (TPSA) is 36.3 Å². The third kappa shape index (κ3) is 3.24. The second kappa shape index (κ2) is 6.82. The number of ether oxygens (including phenoxy) is 1. The molecule has 22 heavy (non-hydrogen) atoms. The molecule has 3 rings (SSSR count). The molecule has 5 heteroatoms. The maximum absolute atomic E-state index is 13.6. The van der Waals surface area contributed by atoms with Crippen LogP contribution < -0.4 is 4.90 Å². The van der Waals surface area contributed by atoms with Gasteiger partial charge in [-0.3, -0.25) is 0 Å². The number of hydrogen-bond acceptors (Lipinski definition) is 4. The summed E-state index contributed by atoms with van der Waals surface area (Å²) >= 11 is 1.40. The zero-order valence-corrected chi connectivity index (χ0v) is 12.8. The number of nitrogens with zero attached hydrogens (tertiary/aromatic N) is 2. The minimum Gasteiger partial charge on any atom is -0.378 e. The summed E-state index contributed by atoms with van der Waals surface area (Å²) in [6, 6.07) is 14.7. The summed E-state index contributed by atoms with van der Waals surface area (Å²) in [6.45, 7) is 3.31. The number of hydrogen-bond donors (Lipinski definition) is 0. The lowest BCUT2D eigenvalue weighted by Gasteiger charge is -2.28. The third-order valence-electron chi connectivity index (χ3n) is 3.53. The molecule has 0 spiro atoms. The van der Waals surface area contributed by atoms with Crippen LogP contribution in [0.2, 0.25) is 0 Å². The number of morpholine rings is 1. The molecule has 112 valence electrons. The van der Waals surface area contributed by atoms with Crippen LogP contribution in [0.4, 0.5) is 10.1 Å². The van der Waals surface area contributed by atoms with Crippen molar-refractivity contribution in [2.24, 2.45) is 0 Å². The molecule has 1 saturated heterocycles. The van der Waals surface area contributed by atoms with Crippen molar-refractivity contribution in [2.75, 3.05) is 31.2 Å². The van der Waals surface area contributed by atoms with Crippen molar-refractivity contribution < 1.29 is 9.13 Å². The fourth-order valence-electron chi connectivity index (χ4n) is 2.37. The van der Waals surface area contributed by atoms with Crippen molar-refractivity contribution in [3.05, 3.63) is 53.8 Å². The molecule has 0 N–H and O–H groups in total. The van der Waals surface area contributed by atoms with Crippen molar-refractivity contribution in [1.82, 2.24) is 0 Å². The van der Waals surface area contributed by atoms with Gasteiger partial charge in [0.25, 0.3) is 0 Å². The Morgan fingerprint density at radius 2 is 1.82 bits per heavy atom. The molecule has 0 bridgehead atoms. The van der Waals surface area contributed by atoms with E-state index in [-0.39, 0.29) is 5.56 Å². The number of nitriles is 1. The summed E-state index contributed by atoms with van der Waals surface area (Å²) in [6.07, 6.45) is 0. The molecular formula is C17H15FN2OS. The molecule has 3 nitrogen and oxygen atoms in total.